The van der Waals surface area contributed by atoms with Crippen LogP contribution in [0.1, 0.15) is 83.5 Å². The van der Waals surface area contributed by atoms with E-state index in [1.165, 1.54) is 50.3 Å². The highest BCUT2D eigenvalue weighted by atomic mass is 32.2. The number of aromatic nitrogens is 3. The summed E-state index contributed by atoms with van der Waals surface area (Å²) in [6.07, 6.45) is 10.6. The first-order chi connectivity index (χ1) is 14.1. The van der Waals surface area contributed by atoms with Gasteiger partial charge >= 0.3 is 5.97 Å². The van der Waals surface area contributed by atoms with Crippen LogP contribution < -0.4 is 5.32 Å². The monoisotopic (exact) mass is 422 g/mol. The lowest BCUT2D eigenvalue weighted by Gasteiger charge is -2.29. The second kappa shape index (κ2) is 11.0. The van der Waals surface area contributed by atoms with E-state index >= 15 is 0 Å². The van der Waals surface area contributed by atoms with Gasteiger partial charge in [-0.2, -0.15) is 0 Å². The standard InChI is InChI=1S/C21H34N4O3S/c1-3-28-20(27)13-18-23-24-21(25(18)16-10-5-4-6-11-16)29-14-19(26)22-17-12-8-7-9-15(17)2/h15-17H,3-14H2,1-2H3,(H,22,26)/t15-,17+/m1/s1. The molecular weight excluding hydrogens is 388 g/mol. The summed E-state index contributed by atoms with van der Waals surface area (Å²) in [4.78, 5) is 24.5. The number of rotatable bonds is 8. The molecule has 2 fully saturated rings. The van der Waals surface area contributed by atoms with Crippen LogP contribution in [0.4, 0.5) is 0 Å². The third-order valence-electron chi connectivity index (χ3n) is 6.07. The van der Waals surface area contributed by atoms with Gasteiger partial charge in [-0.05, 0) is 38.5 Å². The van der Waals surface area contributed by atoms with Crippen LogP contribution in [-0.4, -0.2) is 45.0 Å². The first-order valence-corrected chi connectivity index (χ1v) is 12.1. The maximum atomic E-state index is 12.5. The normalized spacial score (nSPS) is 23.0. The van der Waals surface area contributed by atoms with Crippen molar-refractivity contribution in [1.82, 2.24) is 20.1 Å². The molecule has 7 nitrogen and oxygen atoms in total. The molecule has 0 bridgehead atoms. The lowest BCUT2D eigenvalue weighted by Crippen LogP contribution is -2.41. The van der Waals surface area contributed by atoms with Crippen LogP contribution in [0, 0.1) is 5.92 Å². The number of nitrogens with one attached hydrogen (secondary N) is 1. The second-order valence-electron chi connectivity index (χ2n) is 8.27. The van der Waals surface area contributed by atoms with Gasteiger partial charge in [0.05, 0.1) is 12.4 Å². The van der Waals surface area contributed by atoms with Crippen LogP contribution in [-0.2, 0) is 20.7 Å². The number of hydrogen-bond acceptors (Lipinski definition) is 6. The zero-order valence-corrected chi connectivity index (χ0v) is 18.5. The van der Waals surface area contributed by atoms with Crippen LogP contribution >= 0.6 is 11.8 Å². The fraction of sp³-hybridized carbons (Fsp3) is 0.810. The molecule has 0 radical (unpaired) electrons. The number of ether oxygens (including phenoxy) is 1. The Morgan fingerprint density at radius 2 is 1.83 bits per heavy atom. The Morgan fingerprint density at radius 1 is 1.10 bits per heavy atom. The van der Waals surface area contributed by atoms with Crippen LogP contribution in [0.15, 0.2) is 5.16 Å². The molecule has 1 aromatic heterocycles. The van der Waals surface area contributed by atoms with Crippen molar-refractivity contribution < 1.29 is 14.3 Å². The molecular formula is C21H34N4O3S. The van der Waals surface area contributed by atoms with E-state index in [2.05, 4.69) is 27.0 Å². The molecule has 0 unspecified atom stereocenters. The molecule has 1 amide bonds. The van der Waals surface area contributed by atoms with Crippen molar-refractivity contribution in [3.05, 3.63) is 5.82 Å². The fourth-order valence-electron chi connectivity index (χ4n) is 4.48. The van der Waals surface area contributed by atoms with E-state index in [1.807, 2.05) is 0 Å². The van der Waals surface area contributed by atoms with Crippen molar-refractivity contribution >= 4 is 23.6 Å². The zero-order chi connectivity index (χ0) is 20.6. The molecule has 1 N–H and O–H groups in total. The minimum atomic E-state index is -0.280. The van der Waals surface area contributed by atoms with Gasteiger partial charge in [0.15, 0.2) is 5.16 Å². The van der Waals surface area contributed by atoms with Crippen molar-refractivity contribution in [2.75, 3.05) is 12.4 Å². The zero-order valence-electron chi connectivity index (χ0n) is 17.7. The Hall–Kier alpha value is -1.57. The molecule has 0 aliphatic heterocycles. The smallest absolute Gasteiger partial charge is 0.313 e. The summed E-state index contributed by atoms with van der Waals surface area (Å²) < 4.78 is 7.19. The van der Waals surface area contributed by atoms with Gasteiger partial charge in [0.2, 0.25) is 5.91 Å². The first kappa shape index (κ1) is 22.1. The van der Waals surface area contributed by atoms with Crippen LogP contribution in [0.25, 0.3) is 0 Å². The van der Waals surface area contributed by atoms with Gasteiger partial charge in [0.1, 0.15) is 12.2 Å². The topological polar surface area (TPSA) is 86.1 Å². The lowest BCUT2D eigenvalue weighted by molar-refractivity contribution is -0.142. The van der Waals surface area contributed by atoms with Gasteiger partial charge in [-0.3, -0.25) is 9.59 Å². The highest BCUT2D eigenvalue weighted by Gasteiger charge is 2.26. The molecule has 2 saturated carbocycles. The van der Waals surface area contributed by atoms with E-state index < -0.39 is 0 Å². The van der Waals surface area contributed by atoms with Crippen molar-refractivity contribution in [3.8, 4) is 0 Å². The number of hydrogen-bond donors (Lipinski definition) is 1. The van der Waals surface area contributed by atoms with E-state index in [0.717, 1.165) is 24.4 Å². The summed E-state index contributed by atoms with van der Waals surface area (Å²) in [5.41, 5.74) is 0. The minimum absolute atomic E-state index is 0.0545. The van der Waals surface area contributed by atoms with E-state index in [1.54, 1.807) is 6.92 Å². The maximum Gasteiger partial charge on any atom is 0.313 e. The third kappa shape index (κ3) is 6.20. The third-order valence-corrected chi connectivity index (χ3v) is 7.02. The predicted octanol–water partition coefficient (Wildman–Crippen LogP) is 3.68. The van der Waals surface area contributed by atoms with Gasteiger partial charge in [0, 0.05) is 12.1 Å². The highest BCUT2D eigenvalue weighted by molar-refractivity contribution is 7.99. The molecule has 2 atom stereocenters. The summed E-state index contributed by atoms with van der Waals surface area (Å²) in [5, 5.41) is 12.5. The Bertz CT molecular complexity index is 687. The van der Waals surface area contributed by atoms with Gasteiger partial charge in [-0.15, -0.1) is 10.2 Å². The minimum Gasteiger partial charge on any atom is -0.466 e. The van der Waals surface area contributed by atoms with Gasteiger partial charge < -0.3 is 14.6 Å². The van der Waals surface area contributed by atoms with Crippen molar-refractivity contribution in [2.45, 2.75) is 95.3 Å². The number of carbonyl (C=O) groups is 2. The van der Waals surface area contributed by atoms with Crippen LogP contribution in [0.3, 0.4) is 0 Å². The van der Waals surface area contributed by atoms with Gasteiger partial charge in [-0.25, -0.2) is 0 Å². The predicted molar refractivity (Wildman–Crippen MR) is 113 cm³/mol. The van der Waals surface area contributed by atoms with Gasteiger partial charge in [-0.1, -0.05) is 50.8 Å². The summed E-state index contributed by atoms with van der Waals surface area (Å²) in [7, 11) is 0. The summed E-state index contributed by atoms with van der Waals surface area (Å²) >= 11 is 1.43. The average Bonchev–Trinajstić information content (AvgIpc) is 3.11. The number of carbonyl (C=O) groups excluding carboxylic acids is 2. The molecule has 0 aromatic carbocycles. The summed E-state index contributed by atoms with van der Waals surface area (Å²) in [6.45, 7) is 4.38. The van der Waals surface area contributed by atoms with Crippen molar-refractivity contribution in [2.24, 2.45) is 5.92 Å². The van der Waals surface area contributed by atoms with Crippen molar-refractivity contribution in [3.63, 3.8) is 0 Å². The molecule has 1 heterocycles. The highest BCUT2D eigenvalue weighted by Crippen LogP contribution is 2.33. The Morgan fingerprint density at radius 3 is 2.55 bits per heavy atom. The Balaban J connectivity index is 1.64. The summed E-state index contributed by atoms with van der Waals surface area (Å²) in [6, 6.07) is 0.583. The largest absolute Gasteiger partial charge is 0.466 e. The maximum absolute atomic E-state index is 12.5. The lowest BCUT2D eigenvalue weighted by atomic mass is 9.86. The van der Waals surface area contributed by atoms with E-state index in [-0.39, 0.29) is 24.3 Å². The van der Waals surface area contributed by atoms with E-state index in [9.17, 15) is 9.59 Å². The molecule has 3 rings (SSSR count). The molecule has 2 aliphatic rings. The number of esters is 1. The molecule has 1 aromatic rings. The molecule has 0 saturated heterocycles. The number of amides is 1. The quantitative estimate of drug-likeness (QED) is 0.508. The number of thioether (sulfide) groups is 1. The SMILES string of the molecule is CCOC(=O)Cc1nnc(SCC(=O)N[C@H]2CCCC[C@H]2C)n1C1CCCCC1. The van der Waals surface area contributed by atoms with E-state index in [4.69, 9.17) is 4.74 Å². The molecule has 8 heteroatoms. The Labute approximate surface area is 177 Å². The Kier molecular flexibility index (Phi) is 8.39. The molecule has 29 heavy (non-hydrogen) atoms. The van der Waals surface area contributed by atoms with Crippen LogP contribution in [0.5, 0.6) is 0 Å². The summed E-state index contributed by atoms with van der Waals surface area (Å²) in [5.74, 6) is 1.29. The fourth-order valence-corrected chi connectivity index (χ4v) is 5.32. The molecule has 0 spiro atoms. The van der Waals surface area contributed by atoms with Crippen LogP contribution in [0.2, 0.25) is 0 Å². The van der Waals surface area contributed by atoms with Gasteiger partial charge in [0.25, 0.3) is 0 Å². The van der Waals surface area contributed by atoms with Crippen molar-refractivity contribution in [1.29, 1.82) is 0 Å². The number of nitrogens with zero attached hydrogens (tertiary/aromatic N) is 3. The first-order valence-electron chi connectivity index (χ1n) is 11.1. The van der Waals surface area contributed by atoms with E-state index in [0.29, 0.717) is 30.1 Å². The second-order valence-corrected chi connectivity index (χ2v) is 9.21. The average molecular weight is 423 g/mol. The molecule has 162 valence electrons. The molecule has 2 aliphatic carbocycles.